The average Bonchev–Trinajstić information content (AvgIpc) is 3.23. The van der Waals surface area contributed by atoms with Crippen molar-refractivity contribution in [3.8, 4) is 0 Å². The Morgan fingerprint density at radius 3 is 2.89 bits per heavy atom. The van der Waals surface area contributed by atoms with E-state index in [0.29, 0.717) is 32.8 Å². The Morgan fingerprint density at radius 2 is 2.15 bits per heavy atom. The maximum Gasteiger partial charge on any atom is 0.266 e. The summed E-state index contributed by atoms with van der Waals surface area (Å²) in [6, 6.07) is 6.96. The zero-order chi connectivity index (χ0) is 19.1. The normalized spacial score (nSPS) is 18.7. The number of hydrogen-bond donors (Lipinski definition) is 2. The van der Waals surface area contributed by atoms with Gasteiger partial charge in [-0.15, -0.1) is 23.1 Å². The van der Waals surface area contributed by atoms with E-state index in [2.05, 4.69) is 5.32 Å². The van der Waals surface area contributed by atoms with Gasteiger partial charge in [0.25, 0.3) is 11.8 Å². The molecule has 3 amide bonds. The summed E-state index contributed by atoms with van der Waals surface area (Å²) in [6.07, 6.45) is 1.42. The Labute approximate surface area is 169 Å². The van der Waals surface area contributed by atoms with Crippen LogP contribution in [0.3, 0.4) is 0 Å². The van der Waals surface area contributed by atoms with Gasteiger partial charge in [-0.3, -0.25) is 14.4 Å². The zero-order valence-electron chi connectivity index (χ0n) is 14.2. The number of nitrogens with zero attached hydrogens (tertiary/aromatic N) is 1. The summed E-state index contributed by atoms with van der Waals surface area (Å²) in [5.74, 6) is -0.622. The molecule has 3 N–H and O–H groups in total. The zero-order valence-corrected chi connectivity index (χ0v) is 16.5. The van der Waals surface area contributed by atoms with E-state index in [-0.39, 0.29) is 23.1 Å². The van der Waals surface area contributed by atoms with Crippen molar-refractivity contribution in [1.82, 2.24) is 4.90 Å². The summed E-state index contributed by atoms with van der Waals surface area (Å²) < 4.78 is 0.610. The van der Waals surface area contributed by atoms with Crippen LogP contribution in [0.25, 0.3) is 0 Å². The molecule has 1 saturated heterocycles. The summed E-state index contributed by atoms with van der Waals surface area (Å²) in [4.78, 5) is 39.5. The molecule has 1 aromatic heterocycles. The highest BCUT2D eigenvalue weighted by Gasteiger charge is 2.41. The molecule has 0 spiro atoms. The molecule has 0 radical (unpaired) electrons. The van der Waals surface area contributed by atoms with Gasteiger partial charge in [0.1, 0.15) is 10.9 Å². The van der Waals surface area contributed by atoms with Gasteiger partial charge in [0, 0.05) is 17.3 Å². The van der Waals surface area contributed by atoms with E-state index >= 15 is 0 Å². The Bertz CT molecular complexity index is 959. The van der Waals surface area contributed by atoms with Gasteiger partial charge in [-0.2, -0.15) is 0 Å². The molecule has 140 valence electrons. The number of nitrogens with two attached hydrogens (primary N) is 1. The molecule has 27 heavy (non-hydrogen) atoms. The largest absolute Gasteiger partial charge is 0.365 e. The average molecular weight is 422 g/mol. The number of rotatable bonds is 4. The van der Waals surface area contributed by atoms with Crippen molar-refractivity contribution in [2.45, 2.75) is 28.8 Å². The molecule has 2 aliphatic heterocycles. The standard InChI is InChI=1S/C18H16ClN3O3S2/c19-10-5-2-1-4-9(10)8-26-18-12(15(20)23)13-14(27-18)17(25)22-7-3-6-11(22)16(24)21-13/h1-2,4-5,11H,3,6-8H2,(H2,20,23)(H,21,24)/t11-/m0/s1. The number of hydrogen-bond acceptors (Lipinski definition) is 5. The smallest absolute Gasteiger partial charge is 0.266 e. The maximum atomic E-state index is 12.9. The number of thiophene rings is 1. The van der Waals surface area contributed by atoms with Crippen molar-refractivity contribution in [1.29, 1.82) is 0 Å². The van der Waals surface area contributed by atoms with E-state index < -0.39 is 11.9 Å². The van der Waals surface area contributed by atoms with E-state index in [9.17, 15) is 14.4 Å². The molecule has 1 aromatic carbocycles. The fraction of sp³-hybridized carbons (Fsp3) is 0.278. The molecular weight excluding hydrogens is 406 g/mol. The maximum absolute atomic E-state index is 12.9. The van der Waals surface area contributed by atoms with Crippen molar-refractivity contribution in [3.63, 3.8) is 0 Å². The molecule has 0 unspecified atom stereocenters. The molecule has 2 aromatic rings. The molecule has 0 aliphatic carbocycles. The van der Waals surface area contributed by atoms with Crippen molar-refractivity contribution in [2.75, 3.05) is 11.9 Å². The van der Waals surface area contributed by atoms with Crippen LogP contribution in [-0.4, -0.2) is 35.2 Å². The van der Waals surface area contributed by atoms with Gasteiger partial charge in [0.05, 0.1) is 15.5 Å². The summed E-state index contributed by atoms with van der Waals surface area (Å²) in [5.41, 5.74) is 6.96. The molecule has 1 fully saturated rings. The van der Waals surface area contributed by atoms with Gasteiger partial charge in [-0.05, 0) is 24.5 Å². The third-order valence-corrected chi connectivity index (χ3v) is 7.56. The Morgan fingerprint density at radius 1 is 1.37 bits per heavy atom. The highest BCUT2D eigenvalue weighted by Crippen LogP contribution is 2.44. The number of thioether (sulfide) groups is 1. The third kappa shape index (κ3) is 3.22. The van der Waals surface area contributed by atoms with Crippen LogP contribution < -0.4 is 11.1 Å². The fourth-order valence-corrected chi connectivity index (χ4v) is 6.16. The van der Waals surface area contributed by atoms with Crippen molar-refractivity contribution in [3.05, 3.63) is 45.3 Å². The van der Waals surface area contributed by atoms with Gasteiger partial charge in [0.2, 0.25) is 5.91 Å². The number of amides is 3. The second-order valence-electron chi connectivity index (χ2n) is 6.36. The SMILES string of the molecule is NC(=O)c1c(SCc2ccccc2Cl)sc2c1NC(=O)[C@@H]1CCCN1C2=O. The Kier molecular flexibility index (Phi) is 4.88. The van der Waals surface area contributed by atoms with Crippen molar-refractivity contribution in [2.24, 2.45) is 5.73 Å². The molecule has 6 nitrogen and oxygen atoms in total. The number of primary amides is 1. The lowest BCUT2D eigenvalue weighted by molar-refractivity contribution is -0.119. The number of carbonyl (C=O) groups is 3. The first kappa shape index (κ1) is 18.3. The quantitative estimate of drug-likeness (QED) is 0.740. The van der Waals surface area contributed by atoms with E-state index in [1.165, 1.54) is 23.1 Å². The number of halogens is 1. The number of nitrogens with one attached hydrogen (secondary N) is 1. The highest BCUT2D eigenvalue weighted by atomic mass is 35.5. The van der Waals surface area contributed by atoms with Gasteiger partial charge in [-0.1, -0.05) is 29.8 Å². The minimum Gasteiger partial charge on any atom is -0.365 e. The lowest BCUT2D eigenvalue weighted by atomic mass is 10.2. The van der Waals surface area contributed by atoms with Gasteiger partial charge in [-0.25, -0.2) is 0 Å². The molecule has 4 rings (SSSR count). The van der Waals surface area contributed by atoms with Crippen LogP contribution in [0.4, 0.5) is 5.69 Å². The van der Waals surface area contributed by atoms with Gasteiger partial charge in [0.15, 0.2) is 0 Å². The number of carbonyl (C=O) groups excluding carboxylic acids is 3. The summed E-state index contributed by atoms with van der Waals surface area (Å²) in [6.45, 7) is 0.544. The topological polar surface area (TPSA) is 92.5 Å². The molecule has 9 heteroatoms. The Balaban J connectivity index is 1.71. The minimum absolute atomic E-state index is 0.204. The fourth-order valence-electron chi connectivity index (χ4n) is 3.38. The van der Waals surface area contributed by atoms with E-state index in [4.69, 9.17) is 17.3 Å². The molecule has 0 bridgehead atoms. The first-order valence-corrected chi connectivity index (χ1v) is 10.6. The van der Waals surface area contributed by atoms with Crippen LogP contribution in [0.1, 0.15) is 38.4 Å². The second kappa shape index (κ2) is 7.18. The highest BCUT2D eigenvalue weighted by molar-refractivity contribution is 8.00. The van der Waals surface area contributed by atoms with Crippen LogP contribution in [0, 0.1) is 0 Å². The third-order valence-electron chi connectivity index (χ3n) is 4.70. The summed E-state index contributed by atoms with van der Waals surface area (Å²) in [7, 11) is 0. The number of anilines is 1. The van der Waals surface area contributed by atoms with E-state index in [0.717, 1.165) is 12.0 Å². The van der Waals surface area contributed by atoms with Crippen LogP contribution in [0.5, 0.6) is 0 Å². The first-order chi connectivity index (χ1) is 13.0. The molecule has 0 saturated carbocycles. The van der Waals surface area contributed by atoms with Crippen molar-refractivity contribution >= 4 is 58.1 Å². The van der Waals surface area contributed by atoms with E-state index in [1.807, 2.05) is 18.2 Å². The van der Waals surface area contributed by atoms with Crippen LogP contribution >= 0.6 is 34.7 Å². The van der Waals surface area contributed by atoms with E-state index in [1.54, 1.807) is 11.0 Å². The first-order valence-electron chi connectivity index (χ1n) is 8.42. The minimum atomic E-state index is -0.663. The molecular formula is C18H16ClN3O3S2. The summed E-state index contributed by atoms with van der Waals surface area (Å²) in [5, 5.41) is 3.41. The van der Waals surface area contributed by atoms with Crippen molar-refractivity contribution < 1.29 is 14.4 Å². The van der Waals surface area contributed by atoms with Gasteiger partial charge >= 0.3 is 0 Å². The Hall–Kier alpha value is -2.03. The predicted molar refractivity (Wildman–Crippen MR) is 107 cm³/mol. The molecule has 2 aliphatic rings. The van der Waals surface area contributed by atoms with Crippen LogP contribution in [-0.2, 0) is 10.5 Å². The van der Waals surface area contributed by atoms with Gasteiger partial charge < -0.3 is 16.0 Å². The number of fused-ring (bicyclic) bond motifs is 2. The molecule has 3 heterocycles. The summed E-state index contributed by atoms with van der Waals surface area (Å²) >= 11 is 8.78. The monoisotopic (exact) mass is 421 g/mol. The number of benzene rings is 1. The predicted octanol–water partition coefficient (Wildman–Crippen LogP) is 3.35. The van der Waals surface area contributed by atoms with Crippen LogP contribution in [0.15, 0.2) is 28.5 Å². The lowest BCUT2D eigenvalue weighted by Gasteiger charge is -2.19. The second-order valence-corrected chi connectivity index (χ2v) is 9.03. The lowest BCUT2D eigenvalue weighted by Crippen LogP contribution is -2.40. The van der Waals surface area contributed by atoms with Crippen LogP contribution in [0.2, 0.25) is 5.02 Å². The molecule has 1 atom stereocenters.